The number of carbonyl (C=O) groups excluding carboxylic acids is 1. The summed E-state index contributed by atoms with van der Waals surface area (Å²) in [4.78, 5) is 21.9. The molecule has 3 N–H and O–H groups in total. The van der Waals surface area contributed by atoms with Gasteiger partial charge in [0.15, 0.2) is 0 Å². The van der Waals surface area contributed by atoms with Crippen molar-refractivity contribution in [1.82, 2.24) is 0 Å². The van der Waals surface area contributed by atoms with Crippen LogP contribution in [-0.2, 0) is 10.0 Å². The molecule has 1 amide bonds. The summed E-state index contributed by atoms with van der Waals surface area (Å²) in [5.41, 5.74) is 0.147. The van der Waals surface area contributed by atoms with E-state index in [2.05, 4.69) is 5.32 Å². The fourth-order valence-corrected chi connectivity index (χ4v) is 3.07. The molecule has 0 spiro atoms. The number of nitro benzene ring substituents is 1. The molecule has 0 saturated heterocycles. The minimum absolute atomic E-state index is 0.000830. The van der Waals surface area contributed by atoms with E-state index in [-0.39, 0.29) is 16.1 Å². The molecule has 10 heteroatoms. The number of halogens is 1. The Balaban J connectivity index is 2.41. The van der Waals surface area contributed by atoms with Gasteiger partial charge in [0.1, 0.15) is 0 Å². The Morgan fingerprint density at radius 2 is 1.88 bits per heavy atom. The van der Waals surface area contributed by atoms with Crippen LogP contribution < -0.4 is 10.5 Å². The van der Waals surface area contributed by atoms with Gasteiger partial charge in [-0.1, -0.05) is 0 Å². The summed E-state index contributed by atoms with van der Waals surface area (Å²) in [7, 11) is -4.03. The second kappa shape index (κ2) is 6.57. The number of nitro groups is 1. The zero-order valence-electron chi connectivity index (χ0n) is 13.2. The molecule has 0 bridgehead atoms. The molecule has 132 valence electrons. The maximum absolute atomic E-state index is 13.3. The van der Waals surface area contributed by atoms with Gasteiger partial charge in [-0.25, -0.2) is 13.6 Å². The summed E-state index contributed by atoms with van der Waals surface area (Å²) in [6, 6.07) is 5.45. The number of primary sulfonamides is 1. The average Bonchev–Trinajstić information content (AvgIpc) is 2.50. The molecular formula is C15H14FN3O5S. The van der Waals surface area contributed by atoms with Crippen molar-refractivity contribution in [1.29, 1.82) is 0 Å². The molecule has 0 heterocycles. The van der Waals surface area contributed by atoms with E-state index in [4.69, 9.17) is 5.14 Å². The van der Waals surface area contributed by atoms with Crippen molar-refractivity contribution in [2.75, 3.05) is 5.32 Å². The Bertz CT molecular complexity index is 989. The lowest BCUT2D eigenvalue weighted by Gasteiger charge is -2.11. The van der Waals surface area contributed by atoms with Crippen LogP contribution >= 0.6 is 0 Å². The predicted octanol–water partition coefficient (Wildman–Crippen LogP) is 2.25. The largest absolute Gasteiger partial charge is 0.322 e. The Hall–Kier alpha value is -2.85. The van der Waals surface area contributed by atoms with Crippen molar-refractivity contribution in [2.24, 2.45) is 5.14 Å². The van der Waals surface area contributed by atoms with Crippen LogP contribution in [0.5, 0.6) is 0 Å². The molecule has 2 aromatic carbocycles. The van der Waals surface area contributed by atoms with Gasteiger partial charge in [0.05, 0.1) is 9.82 Å². The highest BCUT2D eigenvalue weighted by Gasteiger charge is 2.19. The first-order chi connectivity index (χ1) is 11.5. The molecule has 0 atom stereocenters. The topological polar surface area (TPSA) is 132 Å². The van der Waals surface area contributed by atoms with E-state index in [0.717, 1.165) is 24.3 Å². The number of rotatable bonds is 4. The molecule has 2 aromatic rings. The fourth-order valence-electron chi connectivity index (χ4n) is 2.19. The normalized spacial score (nSPS) is 11.2. The van der Waals surface area contributed by atoms with Crippen LogP contribution in [0.25, 0.3) is 0 Å². The molecule has 0 unspecified atom stereocenters. The molecule has 0 aliphatic rings. The van der Waals surface area contributed by atoms with Gasteiger partial charge in [-0.05, 0) is 49.2 Å². The van der Waals surface area contributed by atoms with Gasteiger partial charge in [-0.3, -0.25) is 14.9 Å². The van der Waals surface area contributed by atoms with Crippen LogP contribution in [0.3, 0.4) is 0 Å². The second-order valence-corrected chi connectivity index (χ2v) is 6.87. The third-order valence-electron chi connectivity index (χ3n) is 3.59. The standard InChI is InChI=1S/C15H14FN3O5S/c1-8-5-10(6-14(9(8)2)25(17,23)24)15(20)18-11-3-4-12(16)13(7-11)19(21)22/h3-7H,1-2H3,(H,18,20)(H2,17,23,24). The number of nitrogens with one attached hydrogen (secondary N) is 1. The second-order valence-electron chi connectivity index (χ2n) is 5.34. The molecule has 0 fully saturated rings. The van der Waals surface area contributed by atoms with E-state index in [9.17, 15) is 27.7 Å². The Morgan fingerprint density at radius 3 is 2.44 bits per heavy atom. The van der Waals surface area contributed by atoms with Gasteiger partial charge >= 0.3 is 5.69 Å². The van der Waals surface area contributed by atoms with Crippen molar-refractivity contribution < 1.29 is 22.5 Å². The highest BCUT2D eigenvalue weighted by Crippen LogP contribution is 2.24. The van der Waals surface area contributed by atoms with E-state index in [1.807, 2.05) is 0 Å². The number of benzene rings is 2. The number of amides is 1. The number of nitrogens with two attached hydrogens (primary N) is 1. The van der Waals surface area contributed by atoms with Crippen molar-refractivity contribution in [3.63, 3.8) is 0 Å². The lowest BCUT2D eigenvalue weighted by atomic mass is 10.1. The lowest BCUT2D eigenvalue weighted by molar-refractivity contribution is -0.387. The van der Waals surface area contributed by atoms with Crippen molar-refractivity contribution >= 4 is 27.3 Å². The van der Waals surface area contributed by atoms with Crippen LogP contribution in [0.15, 0.2) is 35.2 Å². The monoisotopic (exact) mass is 367 g/mol. The molecule has 0 aromatic heterocycles. The van der Waals surface area contributed by atoms with Crippen LogP contribution in [0.4, 0.5) is 15.8 Å². The highest BCUT2D eigenvalue weighted by atomic mass is 32.2. The Kier molecular flexibility index (Phi) is 4.86. The fraction of sp³-hybridized carbons (Fsp3) is 0.133. The number of nitrogens with zero attached hydrogens (tertiary/aromatic N) is 1. The zero-order valence-corrected chi connectivity index (χ0v) is 14.1. The number of carbonyl (C=O) groups is 1. The number of sulfonamides is 1. The molecule has 25 heavy (non-hydrogen) atoms. The van der Waals surface area contributed by atoms with E-state index < -0.39 is 32.4 Å². The van der Waals surface area contributed by atoms with Gasteiger partial charge in [0.2, 0.25) is 15.8 Å². The summed E-state index contributed by atoms with van der Waals surface area (Å²) in [6.45, 7) is 3.17. The molecule has 2 rings (SSSR count). The minimum Gasteiger partial charge on any atom is -0.322 e. The third kappa shape index (κ3) is 3.98. The first-order valence-corrected chi connectivity index (χ1v) is 8.44. The van der Waals surface area contributed by atoms with Crippen LogP contribution in [0.1, 0.15) is 21.5 Å². The van der Waals surface area contributed by atoms with Crippen molar-refractivity contribution in [3.05, 3.63) is 63.0 Å². The van der Waals surface area contributed by atoms with Gasteiger partial charge in [-0.15, -0.1) is 0 Å². The van der Waals surface area contributed by atoms with E-state index in [1.165, 1.54) is 6.07 Å². The number of hydrogen-bond acceptors (Lipinski definition) is 5. The predicted molar refractivity (Wildman–Crippen MR) is 88.3 cm³/mol. The average molecular weight is 367 g/mol. The summed E-state index contributed by atoms with van der Waals surface area (Å²) in [6.07, 6.45) is 0. The van der Waals surface area contributed by atoms with Crippen molar-refractivity contribution in [2.45, 2.75) is 18.7 Å². The number of hydrogen-bond donors (Lipinski definition) is 2. The lowest BCUT2D eigenvalue weighted by Crippen LogP contribution is -2.18. The van der Waals surface area contributed by atoms with Crippen molar-refractivity contribution in [3.8, 4) is 0 Å². The van der Waals surface area contributed by atoms with Gasteiger partial charge < -0.3 is 5.32 Å². The van der Waals surface area contributed by atoms with E-state index in [1.54, 1.807) is 13.8 Å². The zero-order chi connectivity index (χ0) is 18.9. The molecule has 0 saturated carbocycles. The van der Waals surface area contributed by atoms with E-state index >= 15 is 0 Å². The van der Waals surface area contributed by atoms with E-state index in [0.29, 0.717) is 11.1 Å². The highest BCUT2D eigenvalue weighted by molar-refractivity contribution is 7.89. The Labute approximate surface area is 142 Å². The first-order valence-electron chi connectivity index (χ1n) is 6.90. The molecule has 8 nitrogen and oxygen atoms in total. The molecule has 0 radical (unpaired) electrons. The molecular weight excluding hydrogens is 353 g/mol. The maximum Gasteiger partial charge on any atom is 0.306 e. The first kappa shape index (κ1) is 18.5. The number of anilines is 1. The molecule has 0 aliphatic carbocycles. The summed E-state index contributed by atoms with van der Waals surface area (Å²) in [5.74, 6) is -1.75. The molecule has 0 aliphatic heterocycles. The van der Waals surface area contributed by atoms with Crippen LogP contribution in [0.2, 0.25) is 0 Å². The van der Waals surface area contributed by atoms with Gasteiger partial charge in [-0.2, -0.15) is 4.39 Å². The number of aryl methyl sites for hydroxylation is 1. The van der Waals surface area contributed by atoms with Gasteiger partial charge in [0.25, 0.3) is 5.91 Å². The quantitative estimate of drug-likeness (QED) is 0.632. The summed E-state index contributed by atoms with van der Waals surface area (Å²) in [5, 5.41) is 18.2. The van der Waals surface area contributed by atoms with Crippen LogP contribution in [0, 0.1) is 29.8 Å². The summed E-state index contributed by atoms with van der Waals surface area (Å²) >= 11 is 0. The minimum atomic E-state index is -4.03. The van der Waals surface area contributed by atoms with Crippen LogP contribution in [-0.4, -0.2) is 19.2 Å². The summed E-state index contributed by atoms with van der Waals surface area (Å²) < 4.78 is 36.6. The van der Waals surface area contributed by atoms with Gasteiger partial charge in [0, 0.05) is 17.3 Å². The third-order valence-corrected chi connectivity index (χ3v) is 4.63. The SMILES string of the molecule is Cc1cc(C(=O)Nc2ccc(F)c([N+](=O)[O-])c2)cc(S(N)(=O)=O)c1C. The Morgan fingerprint density at radius 1 is 1.24 bits per heavy atom. The maximum atomic E-state index is 13.3. The smallest absolute Gasteiger partial charge is 0.306 e.